The molecule has 1 aromatic heterocycles. The predicted molar refractivity (Wildman–Crippen MR) is 94.5 cm³/mol. The number of carbonyl (C=O) groups excluding carboxylic acids is 1. The van der Waals surface area contributed by atoms with Gasteiger partial charge in [0.25, 0.3) is 0 Å². The third-order valence-electron chi connectivity index (χ3n) is 6.68. The topological polar surface area (TPSA) is 59.8 Å². The summed E-state index contributed by atoms with van der Waals surface area (Å²) in [6.07, 6.45) is 9.97. The first kappa shape index (κ1) is 16.4. The number of carbonyl (C=O) groups is 1. The van der Waals surface area contributed by atoms with Crippen molar-refractivity contribution in [3.8, 4) is 0 Å². The van der Waals surface area contributed by atoms with E-state index < -0.39 is 0 Å². The van der Waals surface area contributed by atoms with E-state index >= 15 is 0 Å². The number of aryl methyl sites for hydroxylation is 1. The van der Waals surface area contributed by atoms with Gasteiger partial charge in [-0.3, -0.25) is 4.79 Å². The lowest BCUT2D eigenvalue weighted by molar-refractivity contribution is -0.125. The average molecular weight is 349 g/mol. The van der Waals surface area contributed by atoms with Crippen molar-refractivity contribution in [3.05, 3.63) is 6.33 Å². The van der Waals surface area contributed by atoms with Gasteiger partial charge in [0.05, 0.1) is 5.25 Å². The summed E-state index contributed by atoms with van der Waals surface area (Å²) in [4.78, 5) is 12.7. The highest BCUT2D eigenvalue weighted by Crippen LogP contribution is 2.61. The van der Waals surface area contributed by atoms with E-state index in [0.717, 1.165) is 22.9 Å². The second-order valence-electron chi connectivity index (χ2n) is 8.49. The Morgan fingerprint density at radius 3 is 2.33 bits per heavy atom. The number of nitrogens with one attached hydrogen (secondary N) is 1. The molecule has 1 N–H and O–H groups in total. The Balaban J connectivity index is 1.39. The minimum Gasteiger partial charge on any atom is -0.352 e. The van der Waals surface area contributed by atoms with Crippen molar-refractivity contribution in [1.82, 2.24) is 20.1 Å². The number of thioether (sulfide) groups is 1. The van der Waals surface area contributed by atoms with Crippen LogP contribution in [0.1, 0.15) is 52.4 Å². The number of rotatable bonds is 5. The molecule has 4 fully saturated rings. The van der Waals surface area contributed by atoms with Crippen LogP contribution >= 0.6 is 11.8 Å². The van der Waals surface area contributed by atoms with Crippen molar-refractivity contribution in [2.45, 2.75) is 68.8 Å². The zero-order valence-corrected chi connectivity index (χ0v) is 15.7. The molecule has 5 nitrogen and oxygen atoms in total. The summed E-state index contributed by atoms with van der Waals surface area (Å²) in [7, 11) is 1.91. The number of nitrogens with zero attached hydrogens (tertiary/aromatic N) is 3. The Labute approximate surface area is 148 Å². The van der Waals surface area contributed by atoms with Gasteiger partial charge in [-0.15, -0.1) is 10.2 Å². The van der Waals surface area contributed by atoms with Crippen LogP contribution in [0.4, 0.5) is 0 Å². The number of aromatic nitrogens is 3. The summed E-state index contributed by atoms with van der Waals surface area (Å²) in [6.45, 7) is 4.20. The molecule has 4 saturated carbocycles. The lowest BCUT2D eigenvalue weighted by Crippen LogP contribution is -2.56. The molecule has 4 aliphatic carbocycles. The third kappa shape index (κ3) is 2.87. The Kier molecular flexibility index (Phi) is 4.14. The fourth-order valence-electron chi connectivity index (χ4n) is 5.78. The standard InChI is InChI=1S/C18H28N4OS/c1-11(24-17-21-19-10-22(17)3)16(23)20-12(2)18-7-13-4-14(8-18)6-15(5-13)9-18/h10-15H,4-9H2,1-3H3,(H,20,23). The van der Waals surface area contributed by atoms with E-state index in [1.165, 1.54) is 50.3 Å². The molecule has 0 spiro atoms. The fraction of sp³-hybridized carbons (Fsp3) is 0.833. The van der Waals surface area contributed by atoms with Gasteiger partial charge >= 0.3 is 0 Å². The number of hydrogen-bond acceptors (Lipinski definition) is 4. The van der Waals surface area contributed by atoms with Crippen molar-refractivity contribution in [2.75, 3.05) is 0 Å². The summed E-state index contributed by atoms with van der Waals surface area (Å²) in [5, 5.41) is 11.9. The monoisotopic (exact) mass is 348 g/mol. The van der Waals surface area contributed by atoms with Gasteiger partial charge in [-0.25, -0.2) is 0 Å². The van der Waals surface area contributed by atoms with E-state index in [9.17, 15) is 4.79 Å². The highest BCUT2D eigenvalue weighted by Gasteiger charge is 2.53. The molecule has 2 atom stereocenters. The van der Waals surface area contributed by atoms with Crippen LogP contribution < -0.4 is 5.32 Å². The van der Waals surface area contributed by atoms with Crippen LogP contribution in [0.3, 0.4) is 0 Å². The van der Waals surface area contributed by atoms with Gasteiger partial charge in [0.15, 0.2) is 5.16 Å². The van der Waals surface area contributed by atoms with Gasteiger partial charge in [-0.2, -0.15) is 0 Å². The van der Waals surface area contributed by atoms with Crippen LogP contribution in [0.15, 0.2) is 11.5 Å². The maximum atomic E-state index is 12.7. The molecule has 132 valence electrons. The van der Waals surface area contributed by atoms with Crippen molar-refractivity contribution < 1.29 is 4.79 Å². The first-order chi connectivity index (χ1) is 11.4. The Hall–Kier alpha value is -1.04. The number of amides is 1. The molecule has 1 heterocycles. The highest BCUT2D eigenvalue weighted by atomic mass is 32.2. The van der Waals surface area contributed by atoms with E-state index in [2.05, 4.69) is 22.4 Å². The van der Waals surface area contributed by atoms with Crippen LogP contribution in [0.25, 0.3) is 0 Å². The molecule has 4 bridgehead atoms. The first-order valence-corrected chi connectivity index (χ1v) is 10.1. The van der Waals surface area contributed by atoms with Gasteiger partial charge < -0.3 is 9.88 Å². The maximum absolute atomic E-state index is 12.7. The van der Waals surface area contributed by atoms with E-state index in [4.69, 9.17) is 0 Å². The van der Waals surface area contributed by atoms with Gasteiger partial charge in [-0.05, 0) is 75.5 Å². The lowest BCUT2D eigenvalue weighted by Gasteiger charge is -2.59. The normalized spacial score (nSPS) is 36.5. The quantitative estimate of drug-likeness (QED) is 0.831. The fourth-order valence-corrected chi connectivity index (χ4v) is 6.58. The summed E-state index contributed by atoms with van der Waals surface area (Å²) in [5.74, 6) is 2.88. The molecule has 1 amide bonds. The largest absolute Gasteiger partial charge is 0.352 e. The summed E-state index contributed by atoms with van der Waals surface area (Å²) < 4.78 is 1.86. The first-order valence-electron chi connectivity index (χ1n) is 9.26. The molecule has 1 aromatic rings. The van der Waals surface area contributed by atoms with E-state index in [1.54, 1.807) is 6.33 Å². The summed E-state index contributed by atoms with van der Waals surface area (Å²) in [5.41, 5.74) is 0.361. The minimum absolute atomic E-state index is 0.131. The number of hydrogen-bond donors (Lipinski definition) is 1. The minimum atomic E-state index is -0.149. The maximum Gasteiger partial charge on any atom is 0.233 e. The van der Waals surface area contributed by atoms with Crippen LogP contribution in [0.2, 0.25) is 0 Å². The molecule has 0 saturated heterocycles. The predicted octanol–water partition coefficient (Wildman–Crippen LogP) is 3.02. The second-order valence-corrected chi connectivity index (χ2v) is 9.80. The Bertz CT molecular complexity index is 593. The summed E-state index contributed by atoms with van der Waals surface area (Å²) in [6, 6.07) is 0.279. The lowest BCUT2D eigenvalue weighted by atomic mass is 9.48. The van der Waals surface area contributed by atoms with Crippen molar-refractivity contribution in [1.29, 1.82) is 0 Å². The molecule has 0 radical (unpaired) electrons. The third-order valence-corrected chi connectivity index (χ3v) is 7.83. The Morgan fingerprint density at radius 2 is 1.83 bits per heavy atom. The molecule has 4 aliphatic rings. The van der Waals surface area contributed by atoms with Crippen molar-refractivity contribution in [3.63, 3.8) is 0 Å². The van der Waals surface area contributed by atoms with Crippen molar-refractivity contribution >= 4 is 17.7 Å². The smallest absolute Gasteiger partial charge is 0.233 e. The van der Waals surface area contributed by atoms with E-state index in [-0.39, 0.29) is 17.2 Å². The molecule has 0 aliphatic heterocycles. The zero-order valence-electron chi connectivity index (χ0n) is 14.9. The molecule has 0 aromatic carbocycles. The Morgan fingerprint density at radius 1 is 1.25 bits per heavy atom. The highest BCUT2D eigenvalue weighted by molar-refractivity contribution is 8.00. The zero-order chi connectivity index (χ0) is 16.9. The molecule has 5 rings (SSSR count). The van der Waals surface area contributed by atoms with Crippen LogP contribution in [-0.4, -0.2) is 32.0 Å². The van der Waals surface area contributed by atoms with E-state index in [0.29, 0.717) is 5.41 Å². The van der Waals surface area contributed by atoms with Gasteiger partial charge in [0, 0.05) is 13.1 Å². The SMILES string of the molecule is CC(Sc1nncn1C)C(=O)NC(C)C12CC3CC(CC(C3)C1)C2. The molecular weight excluding hydrogens is 320 g/mol. The van der Waals surface area contributed by atoms with Crippen LogP contribution in [0, 0.1) is 23.2 Å². The van der Waals surface area contributed by atoms with Crippen LogP contribution in [0.5, 0.6) is 0 Å². The second kappa shape index (κ2) is 6.04. The van der Waals surface area contributed by atoms with Gasteiger partial charge in [0.2, 0.25) is 5.91 Å². The molecule has 6 heteroatoms. The summed E-state index contributed by atoms with van der Waals surface area (Å²) >= 11 is 1.48. The van der Waals surface area contributed by atoms with Gasteiger partial charge in [0.1, 0.15) is 6.33 Å². The molecular formula is C18H28N4OS. The van der Waals surface area contributed by atoms with E-state index in [1.807, 2.05) is 18.5 Å². The van der Waals surface area contributed by atoms with Gasteiger partial charge in [-0.1, -0.05) is 11.8 Å². The molecule has 2 unspecified atom stereocenters. The van der Waals surface area contributed by atoms with Crippen LogP contribution in [-0.2, 0) is 11.8 Å². The molecule has 24 heavy (non-hydrogen) atoms. The van der Waals surface area contributed by atoms with Crippen molar-refractivity contribution in [2.24, 2.45) is 30.2 Å². The average Bonchev–Trinajstić information content (AvgIpc) is 2.91.